The molecule has 0 spiro atoms. The molecule has 2 aromatic carbocycles. The van der Waals surface area contributed by atoms with Crippen LogP contribution in [0, 0.1) is 0 Å². The Morgan fingerprint density at radius 1 is 1.06 bits per heavy atom. The van der Waals surface area contributed by atoms with Crippen molar-refractivity contribution in [3.8, 4) is 23.0 Å². The van der Waals surface area contributed by atoms with Gasteiger partial charge in [0, 0.05) is 6.07 Å². The molecule has 0 aliphatic rings. The SMILES string of the molecule is COc1ccc(-c2nnc(NC(=O)Cc3ccc(S(=O)(=O)C(C)C)cc3)o2)c(OC)c1. The van der Waals surface area contributed by atoms with Gasteiger partial charge in [-0.3, -0.25) is 10.1 Å². The number of benzene rings is 2. The van der Waals surface area contributed by atoms with E-state index in [-0.39, 0.29) is 29.1 Å². The third-order valence-electron chi connectivity index (χ3n) is 4.55. The summed E-state index contributed by atoms with van der Waals surface area (Å²) in [6.45, 7) is 3.24. The lowest BCUT2D eigenvalue weighted by atomic mass is 10.1. The Kier molecular flexibility index (Phi) is 6.59. The second-order valence-corrected chi connectivity index (χ2v) is 9.45. The van der Waals surface area contributed by atoms with E-state index in [0.29, 0.717) is 22.6 Å². The Hall–Kier alpha value is -3.40. The zero-order valence-electron chi connectivity index (χ0n) is 17.6. The third kappa shape index (κ3) is 5.02. The Morgan fingerprint density at radius 3 is 2.39 bits per heavy atom. The Balaban J connectivity index is 1.68. The van der Waals surface area contributed by atoms with Gasteiger partial charge in [0.2, 0.25) is 5.91 Å². The molecule has 3 aromatic rings. The van der Waals surface area contributed by atoms with Crippen molar-refractivity contribution in [2.24, 2.45) is 0 Å². The molecule has 0 aliphatic heterocycles. The zero-order chi connectivity index (χ0) is 22.6. The van der Waals surface area contributed by atoms with Crippen molar-refractivity contribution in [1.82, 2.24) is 10.2 Å². The van der Waals surface area contributed by atoms with E-state index in [9.17, 15) is 13.2 Å². The highest BCUT2D eigenvalue weighted by molar-refractivity contribution is 7.92. The molecule has 1 heterocycles. The average molecular weight is 445 g/mol. The number of sulfone groups is 1. The lowest BCUT2D eigenvalue weighted by Crippen LogP contribution is -2.16. The predicted molar refractivity (Wildman–Crippen MR) is 114 cm³/mol. The number of nitrogens with one attached hydrogen (secondary N) is 1. The number of hydrogen-bond acceptors (Lipinski definition) is 8. The molecule has 1 N–H and O–H groups in total. The summed E-state index contributed by atoms with van der Waals surface area (Å²) in [7, 11) is -0.300. The van der Waals surface area contributed by atoms with E-state index in [2.05, 4.69) is 15.5 Å². The van der Waals surface area contributed by atoms with Gasteiger partial charge in [-0.05, 0) is 43.7 Å². The highest BCUT2D eigenvalue weighted by Crippen LogP contribution is 2.33. The van der Waals surface area contributed by atoms with Crippen LogP contribution >= 0.6 is 0 Å². The van der Waals surface area contributed by atoms with Gasteiger partial charge in [-0.15, -0.1) is 5.10 Å². The van der Waals surface area contributed by atoms with Crippen molar-refractivity contribution < 1.29 is 27.1 Å². The fourth-order valence-electron chi connectivity index (χ4n) is 2.78. The Bertz CT molecular complexity index is 1170. The summed E-state index contributed by atoms with van der Waals surface area (Å²) in [5, 5.41) is 9.81. The van der Waals surface area contributed by atoms with Crippen LogP contribution in [0.2, 0.25) is 0 Å². The first-order valence-corrected chi connectivity index (χ1v) is 11.0. The van der Waals surface area contributed by atoms with Crippen LogP contribution in [0.1, 0.15) is 19.4 Å². The monoisotopic (exact) mass is 445 g/mol. The molecule has 0 atom stereocenters. The number of anilines is 1. The van der Waals surface area contributed by atoms with E-state index in [1.165, 1.54) is 19.2 Å². The molecule has 1 amide bonds. The molecular formula is C21H23N3O6S. The molecule has 164 valence electrons. The molecule has 9 nitrogen and oxygen atoms in total. The maximum absolute atomic E-state index is 12.3. The maximum Gasteiger partial charge on any atom is 0.322 e. The summed E-state index contributed by atoms with van der Waals surface area (Å²) in [5.41, 5.74) is 1.20. The molecule has 0 aliphatic carbocycles. The molecule has 1 aromatic heterocycles. The number of amides is 1. The quantitative estimate of drug-likeness (QED) is 0.561. The van der Waals surface area contributed by atoms with Gasteiger partial charge >= 0.3 is 6.01 Å². The number of ether oxygens (including phenoxy) is 2. The number of carbonyl (C=O) groups excluding carboxylic acids is 1. The van der Waals surface area contributed by atoms with E-state index >= 15 is 0 Å². The summed E-state index contributed by atoms with van der Waals surface area (Å²) in [5.74, 6) is 0.896. The Labute approximate surface area is 180 Å². The molecule has 31 heavy (non-hydrogen) atoms. The van der Waals surface area contributed by atoms with Gasteiger partial charge in [-0.25, -0.2) is 8.42 Å². The van der Waals surface area contributed by atoms with Crippen LogP contribution < -0.4 is 14.8 Å². The minimum Gasteiger partial charge on any atom is -0.497 e. The first-order valence-electron chi connectivity index (χ1n) is 9.43. The van der Waals surface area contributed by atoms with Crippen molar-refractivity contribution >= 4 is 21.8 Å². The van der Waals surface area contributed by atoms with Gasteiger partial charge in [-0.1, -0.05) is 17.2 Å². The summed E-state index contributed by atoms with van der Waals surface area (Å²) >= 11 is 0. The van der Waals surface area contributed by atoms with Crippen LogP contribution in [0.4, 0.5) is 6.01 Å². The largest absolute Gasteiger partial charge is 0.497 e. The lowest BCUT2D eigenvalue weighted by Gasteiger charge is -2.08. The van der Waals surface area contributed by atoms with Crippen molar-refractivity contribution in [3.63, 3.8) is 0 Å². The van der Waals surface area contributed by atoms with Crippen LogP contribution in [0.15, 0.2) is 51.8 Å². The van der Waals surface area contributed by atoms with E-state index in [1.807, 2.05) is 0 Å². The minimum atomic E-state index is -3.36. The number of hydrogen-bond donors (Lipinski definition) is 1. The number of aromatic nitrogens is 2. The van der Waals surface area contributed by atoms with Crippen molar-refractivity contribution in [2.75, 3.05) is 19.5 Å². The van der Waals surface area contributed by atoms with Crippen LogP contribution in [0.3, 0.4) is 0 Å². The van der Waals surface area contributed by atoms with Gasteiger partial charge in [0.05, 0.1) is 36.3 Å². The van der Waals surface area contributed by atoms with Crippen molar-refractivity contribution in [2.45, 2.75) is 30.4 Å². The number of nitrogens with zero attached hydrogens (tertiary/aromatic N) is 2. The highest BCUT2D eigenvalue weighted by Gasteiger charge is 2.19. The third-order valence-corrected chi connectivity index (χ3v) is 6.72. The fourth-order valence-corrected chi connectivity index (χ4v) is 3.84. The second-order valence-electron chi connectivity index (χ2n) is 6.94. The van der Waals surface area contributed by atoms with Crippen LogP contribution in [-0.4, -0.2) is 44.0 Å². The predicted octanol–water partition coefficient (Wildman–Crippen LogP) is 3.12. The van der Waals surface area contributed by atoms with Gasteiger partial charge in [0.1, 0.15) is 11.5 Å². The molecule has 0 saturated heterocycles. The topological polar surface area (TPSA) is 121 Å². The standard InChI is InChI=1S/C21H23N3O6S/c1-13(2)31(26,27)16-8-5-14(6-9-16)11-19(25)22-21-24-23-20(30-21)17-10-7-15(28-3)12-18(17)29-4/h5-10,12-13H,11H2,1-4H3,(H,22,24,25). The fraction of sp³-hybridized carbons (Fsp3) is 0.286. The molecule has 3 rings (SSSR count). The van der Waals surface area contributed by atoms with E-state index in [1.54, 1.807) is 51.3 Å². The van der Waals surface area contributed by atoms with E-state index < -0.39 is 15.1 Å². The highest BCUT2D eigenvalue weighted by atomic mass is 32.2. The first-order chi connectivity index (χ1) is 14.7. The van der Waals surface area contributed by atoms with E-state index in [0.717, 1.165) is 0 Å². The van der Waals surface area contributed by atoms with Crippen molar-refractivity contribution in [3.05, 3.63) is 48.0 Å². The van der Waals surface area contributed by atoms with Gasteiger partial charge in [-0.2, -0.15) is 0 Å². The van der Waals surface area contributed by atoms with Gasteiger partial charge in [0.25, 0.3) is 5.89 Å². The molecule has 0 saturated carbocycles. The van der Waals surface area contributed by atoms with Gasteiger partial charge in [0.15, 0.2) is 9.84 Å². The maximum atomic E-state index is 12.3. The Morgan fingerprint density at radius 2 is 1.77 bits per heavy atom. The summed E-state index contributed by atoms with van der Waals surface area (Å²) < 4.78 is 40.4. The molecule has 10 heteroatoms. The van der Waals surface area contributed by atoms with Crippen LogP contribution in [-0.2, 0) is 21.1 Å². The van der Waals surface area contributed by atoms with Crippen LogP contribution in [0.25, 0.3) is 11.5 Å². The summed E-state index contributed by atoms with van der Waals surface area (Å²) in [4.78, 5) is 12.5. The normalized spacial score (nSPS) is 11.4. The minimum absolute atomic E-state index is 0.0194. The molecule has 0 radical (unpaired) electrons. The average Bonchev–Trinajstić information content (AvgIpc) is 3.21. The molecule has 0 fully saturated rings. The second kappa shape index (κ2) is 9.17. The van der Waals surface area contributed by atoms with Crippen LogP contribution in [0.5, 0.6) is 11.5 Å². The molecular weight excluding hydrogens is 422 g/mol. The number of carbonyl (C=O) groups is 1. The zero-order valence-corrected chi connectivity index (χ0v) is 18.4. The molecule has 0 unspecified atom stereocenters. The summed E-state index contributed by atoms with van der Waals surface area (Å²) in [6.07, 6.45) is 0.0194. The lowest BCUT2D eigenvalue weighted by molar-refractivity contribution is -0.115. The summed E-state index contributed by atoms with van der Waals surface area (Å²) in [6, 6.07) is 11.3. The molecule has 0 bridgehead atoms. The number of rotatable bonds is 8. The smallest absolute Gasteiger partial charge is 0.322 e. The van der Waals surface area contributed by atoms with Crippen molar-refractivity contribution in [1.29, 1.82) is 0 Å². The van der Waals surface area contributed by atoms with E-state index in [4.69, 9.17) is 13.9 Å². The number of methoxy groups -OCH3 is 2. The first kappa shape index (κ1) is 22.3. The van der Waals surface area contributed by atoms with Gasteiger partial charge < -0.3 is 13.9 Å².